The summed E-state index contributed by atoms with van der Waals surface area (Å²) in [7, 11) is 1.82. The van der Waals surface area contributed by atoms with Crippen molar-refractivity contribution in [2.75, 3.05) is 20.2 Å². The molecule has 1 rings (SSSR count). The molecule has 0 heterocycles. The van der Waals surface area contributed by atoms with Crippen LogP contribution < -0.4 is 10.6 Å². The lowest BCUT2D eigenvalue weighted by molar-refractivity contribution is 0.0318. The molecule has 0 aliphatic heterocycles. The van der Waals surface area contributed by atoms with Crippen molar-refractivity contribution in [1.82, 2.24) is 10.6 Å². The lowest BCUT2D eigenvalue weighted by Crippen LogP contribution is -2.35. The molecule has 0 spiro atoms. The van der Waals surface area contributed by atoms with Gasteiger partial charge in [0.1, 0.15) is 0 Å². The molecule has 0 saturated heterocycles. The molecule has 0 aromatic heterocycles. The fraction of sp³-hybridized carbons (Fsp3) is 0.900. The quantitative estimate of drug-likeness (QED) is 0.550. The third kappa shape index (κ3) is 4.77. The Morgan fingerprint density at radius 2 is 2.07 bits per heavy atom. The standard InChI is InChI=1S/C10H20N2OS/c1-11-10(14)12-7-8-13-9-5-3-2-4-6-9/h9H,2-8H2,1H3,(H2,11,12,14). The van der Waals surface area contributed by atoms with Crippen LogP contribution >= 0.6 is 12.2 Å². The maximum absolute atomic E-state index is 5.73. The maximum atomic E-state index is 5.73. The number of hydrogen-bond acceptors (Lipinski definition) is 2. The summed E-state index contributed by atoms with van der Waals surface area (Å²) in [5.74, 6) is 0. The average Bonchev–Trinajstić information content (AvgIpc) is 2.25. The Labute approximate surface area is 91.6 Å². The SMILES string of the molecule is CNC(=S)NCCOC1CCCCC1. The van der Waals surface area contributed by atoms with Crippen LogP contribution in [-0.4, -0.2) is 31.4 Å². The molecule has 1 fully saturated rings. The van der Waals surface area contributed by atoms with Gasteiger partial charge in [0.2, 0.25) is 0 Å². The van der Waals surface area contributed by atoms with Gasteiger partial charge in [0.25, 0.3) is 0 Å². The fourth-order valence-corrected chi connectivity index (χ4v) is 1.81. The second-order valence-corrected chi connectivity index (χ2v) is 4.04. The molecule has 14 heavy (non-hydrogen) atoms. The molecule has 0 aromatic carbocycles. The van der Waals surface area contributed by atoms with Gasteiger partial charge in [-0.15, -0.1) is 0 Å². The smallest absolute Gasteiger partial charge is 0.166 e. The van der Waals surface area contributed by atoms with E-state index in [1.54, 1.807) is 0 Å². The van der Waals surface area contributed by atoms with E-state index in [-0.39, 0.29) is 0 Å². The number of ether oxygens (including phenoxy) is 1. The Bertz CT molecular complexity index is 170. The minimum Gasteiger partial charge on any atom is -0.376 e. The van der Waals surface area contributed by atoms with Gasteiger partial charge in [-0.3, -0.25) is 0 Å². The summed E-state index contributed by atoms with van der Waals surface area (Å²) in [4.78, 5) is 0. The van der Waals surface area contributed by atoms with Crippen molar-refractivity contribution < 1.29 is 4.74 Å². The lowest BCUT2D eigenvalue weighted by Gasteiger charge is -2.22. The van der Waals surface area contributed by atoms with Gasteiger partial charge in [0, 0.05) is 13.6 Å². The molecular formula is C10H20N2OS. The minimum absolute atomic E-state index is 0.494. The van der Waals surface area contributed by atoms with Crippen molar-refractivity contribution in [2.24, 2.45) is 0 Å². The Kier molecular flexibility index (Phi) is 5.87. The predicted molar refractivity (Wildman–Crippen MR) is 62.5 cm³/mol. The monoisotopic (exact) mass is 216 g/mol. The summed E-state index contributed by atoms with van der Waals surface area (Å²) in [5, 5.41) is 6.63. The molecule has 0 radical (unpaired) electrons. The van der Waals surface area contributed by atoms with Gasteiger partial charge in [-0.05, 0) is 25.1 Å². The molecule has 0 atom stereocenters. The van der Waals surface area contributed by atoms with Gasteiger partial charge in [0.05, 0.1) is 12.7 Å². The van der Waals surface area contributed by atoms with Crippen LogP contribution in [0.2, 0.25) is 0 Å². The second kappa shape index (κ2) is 7.01. The van der Waals surface area contributed by atoms with Crippen molar-refractivity contribution in [1.29, 1.82) is 0 Å². The zero-order chi connectivity index (χ0) is 10.2. The highest BCUT2D eigenvalue weighted by Gasteiger charge is 2.12. The summed E-state index contributed by atoms with van der Waals surface area (Å²) >= 11 is 4.95. The molecule has 1 saturated carbocycles. The van der Waals surface area contributed by atoms with Crippen LogP contribution in [0, 0.1) is 0 Å². The molecule has 0 aromatic rings. The van der Waals surface area contributed by atoms with Crippen LogP contribution in [0.4, 0.5) is 0 Å². The first-order valence-electron chi connectivity index (χ1n) is 5.40. The van der Waals surface area contributed by atoms with E-state index in [4.69, 9.17) is 17.0 Å². The molecule has 1 aliphatic carbocycles. The van der Waals surface area contributed by atoms with E-state index in [2.05, 4.69) is 10.6 Å². The predicted octanol–water partition coefficient (Wildman–Crippen LogP) is 1.43. The fourth-order valence-electron chi connectivity index (χ4n) is 1.71. The summed E-state index contributed by atoms with van der Waals surface area (Å²) < 4.78 is 5.73. The highest BCUT2D eigenvalue weighted by atomic mass is 32.1. The van der Waals surface area contributed by atoms with Crippen molar-refractivity contribution in [3.05, 3.63) is 0 Å². The summed E-state index contributed by atoms with van der Waals surface area (Å²) in [6, 6.07) is 0. The van der Waals surface area contributed by atoms with Gasteiger partial charge in [-0.1, -0.05) is 19.3 Å². The molecule has 2 N–H and O–H groups in total. The second-order valence-electron chi connectivity index (χ2n) is 3.64. The molecular weight excluding hydrogens is 196 g/mol. The van der Waals surface area contributed by atoms with Gasteiger partial charge in [-0.2, -0.15) is 0 Å². The van der Waals surface area contributed by atoms with Crippen LogP contribution in [0.25, 0.3) is 0 Å². The van der Waals surface area contributed by atoms with Crippen molar-refractivity contribution >= 4 is 17.3 Å². The first-order chi connectivity index (χ1) is 6.83. The zero-order valence-electron chi connectivity index (χ0n) is 8.84. The highest BCUT2D eigenvalue weighted by molar-refractivity contribution is 7.80. The molecule has 3 nitrogen and oxygen atoms in total. The Hall–Kier alpha value is -0.350. The van der Waals surface area contributed by atoms with Crippen LogP contribution in [-0.2, 0) is 4.74 Å². The number of thiocarbonyl (C=S) groups is 1. The summed E-state index contributed by atoms with van der Waals surface area (Å²) in [6.45, 7) is 1.56. The third-order valence-corrected chi connectivity index (χ3v) is 2.87. The third-order valence-electron chi connectivity index (χ3n) is 2.52. The first kappa shape index (κ1) is 11.7. The number of rotatable bonds is 4. The highest BCUT2D eigenvalue weighted by Crippen LogP contribution is 2.19. The maximum Gasteiger partial charge on any atom is 0.166 e. The van der Waals surface area contributed by atoms with Crippen LogP contribution in [0.15, 0.2) is 0 Å². The van der Waals surface area contributed by atoms with E-state index < -0.39 is 0 Å². The van der Waals surface area contributed by atoms with Crippen LogP contribution in [0.3, 0.4) is 0 Å². The van der Waals surface area contributed by atoms with Gasteiger partial charge in [0.15, 0.2) is 5.11 Å². The van der Waals surface area contributed by atoms with Gasteiger partial charge in [-0.25, -0.2) is 0 Å². The minimum atomic E-state index is 0.494. The van der Waals surface area contributed by atoms with Crippen LogP contribution in [0.5, 0.6) is 0 Å². The van der Waals surface area contributed by atoms with Crippen molar-refractivity contribution in [3.63, 3.8) is 0 Å². The first-order valence-corrected chi connectivity index (χ1v) is 5.81. The molecule has 0 bridgehead atoms. The average molecular weight is 216 g/mol. The Morgan fingerprint density at radius 1 is 1.36 bits per heavy atom. The number of hydrogen-bond donors (Lipinski definition) is 2. The van der Waals surface area contributed by atoms with E-state index >= 15 is 0 Å². The van der Waals surface area contributed by atoms with E-state index in [1.807, 2.05) is 7.05 Å². The molecule has 4 heteroatoms. The molecule has 82 valence electrons. The summed E-state index contributed by atoms with van der Waals surface area (Å²) in [5.41, 5.74) is 0. The lowest BCUT2D eigenvalue weighted by atomic mass is 9.98. The molecule has 0 amide bonds. The zero-order valence-corrected chi connectivity index (χ0v) is 9.66. The normalized spacial score (nSPS) is 17.8. The van der Waals surface area contributed by atoms with Crippen molar-refractivity contribution in [3.8, 4) is 0 Å². The molecule has 0 unspecified atom stereocenters. The largest absolute Gasteiger partial charge is 0.376 e. The number of nitrogens with one attached hydrogen (secondary N) is 2. The van der Waals surface area contributed by atoms with Crippen molar-refractivity contribution in [2.45, 2.75) is 38.2 Å². The van der Waals surface area contributed by atoms with Crippen LogP contribution in [0.1, 0.15) is 32.1 Å². The topological polar surface area (TPSA) is 33.3 Å². The Morgan fingerprint density at radius 3 is 2.71 bits per heavy atom. The summed E-state index contributed by atoms with van der Waals surface area (Å²) in [6.07, 6.45) is 6.99. The van der Waals surface area contributed by atoms with Gasteiger partial charge >= 0.3 is 0 Å². The van der Waals surface area contributed by atoms with E-state index in [0.29, 0.717) is 11.2 Å². The van der Waals surface area contributed by atoms with Gasteiger partial charge < -0.3 is 15.4 Å². The van der Waals surface area contributed by atoms with E-state index in [9.17, 15) is 0 Å². The Balaban J connectivity index is 1.94. The van der Waals surface area contributed by atoms with E-state index in [0.717, 1.165) is 13.2 Å². The molecule has 1 aliphatic rings. The van der Waals surface area contributed by atoms with E-state index in [1.165, 1.54) is 32.1 Å².